The van der Waals surface area contributed by atoms with Crippen LogP contribution in [0.2, 0.25) is 0 Å². The van der Waals surface area contributed by atoms with E-state index in [1.54, 1.807) is 0 Å². The lowest BCUT2D eigenvalue weighted by Gasteiger charge is -2.51. The molecule has 44 heavy (non-hydrogen) atoms. The number of hydrogen-bond acceptors (Lipinski definition) is 8. The molecule has 1 aromatic heterocycles. The van der Waals surface area contributed by atoms with Crippen LogP contribution in [0.15, 0.2) is 12.4 Å². The van der Waals surface area contributed by atoms with E-state index in [0.717, 1.165) is 38.8 Å². The number of rotatable bonds is 14. The van der Waals surface area contributed by atoms with Crippen molar-refractivity contribution in [3.63, 3.8) is 0 Å². The molecule has 2 saturated heterocycles. The van der Waals surface area contributed by atoms with E-state index >= 15 is 0 Å². The first-order valence-corrected chi connectivity index (χ1v) is 17.5. The van der Waals surface area contributed by atoms with E-state index in [2.05, 4.69) is 89.0 Å². The van der Waals surface area contributed by atoms with Gasteiger partial charge in [-0.05, 0) is 91.1 Å². The van der Waals surface area contributed by atoms with Crippen molar-refractivity contribution in [1.82, 2.24) is 19.8 Å². The molecule has 0 bridgehead atoms. The fourth-order valence-corrected chi connectivity index (χ4v) is 7.75. The lowest BCUT2D eigenvalue weighted by molar-refractivity contribution is -0.146. The molecule has 2 fully saturated rings. The third-order valence-electron chi connectivity index (χ3n) is 10.1. The predicted octanol–water partition coefficient (Wildman–Crippen LogP) is 7.70. The molecule has 4 unspecified atom stereocenters. The number of nitrogens with zero attached hydrogens (tertiary/aromatic N) is 4. The molecule has 4 atom stereocenters. The second-order valence-corrected chi connectivity index (χ2v) is 15.4. The summed E-state index contributed by atoms with van der Waals surface area (Å²) >= 11 is 0. The SMILES string of the molecule is CCCCCN1C(C(C)C)CC(C(=O)Oc2cnc(OC(=O)C3CC(C(C)C)N(CCCCC)C(C)(C)C3)nc2)CC1(C)C. The molecule has 250 valence electrons. The average Bonchev–Trinajstić information content (AvgIpc) is 2.94. The maximum Gasteiger partial charge on any atom is 0.324 e. The van der Waals surface area contributed by atoms with Crippen LogP contribution in [0.5, 0.6) is 11.8 Å². The molecule has 3 heterocycles. The van der Waals surface area contributed by atoms with Gasteiger partial charge in [0.15, 0.2) is 5.75 Å². The predicted molar refractivity (Wildman–Crippen MR) is 177 cm³/mol. The van der Waals surface area contributed by atoms with E-state index in [1.165, 1.54) is 50.9 Å². The van der Waals surface area contributed by atoms with Crippen LogP contribution < -0.4 is 9.47 Å². The number of carbonyl (C=O) groups excluding carboxylic acids is 2. The Morgan fingerprint density at radius 3 is 1.55 bits per heavy atom. The molecule has 0 aromatic carbocycles. The monoisotopic (exact) mass is 614 g/mol. The first kappa shape index (κ1) is 36.4. The van der Waals surface area contributed by atoms with Gasteiger partial charge in [-0.25, -0.2) is 0 Å². The summed E-state index contributed by atoms with van der Waals surface area (Å²) in [6.45, 7) is 24.5. The summed E-state index contributed by atoms with van der Waals surface area (Å²) in [6.07, 6.45) is 13.1. The molecule has 0 spiro atoms. The zero-order valence-corrected chi connectivity index (χ0v) is 29.5. The van der Waals surface area contributed by atoms with E-state index in [1.807, 2.05) is 0 Å². The number of piperidine rings is 2. The van der Waals surface area contributed by atoms with E-state index in [4.69, 9.17) is 9.47 Å². The van der Waals surface area contributed by atoms with Gasteiger partial charge in [-0.1, -0.05) is 67.2 Å². The topological polar surface area (TPSA) is 84.9 Å². The molecule has 3 rings (SSSR count). The van der Waals surface area contributed by atoms with E-state index in [-0.39, 0.29) is 46.6 Å². The van der Waals surface area contributed by atoms with Crippen molar-refractivity contribution in [2.75, 3.05) is 13.1 Å². The molecular formula is C36H62N4O4. The largest absolute Gasteiger partial charge is 0.423 e. The maximum atomic E-state index is 13.3. The van der Waals surface area contributed by atoms with Crippen LogP contribution in [0.3, 0.4) is 0 Å². The Labute approximate surface area is 268 Å². The maximum absolute atomic E-state index is 13.3. The van der Waals surface area contributed by atoms with Crippen molar-refractivity contribution in [3.05, 3.63) is 12.4 Å². The summed E-state index contributed by atoms with van der Waals surface area (Å²) in [5, 5.41) is 0. The lowest BCUT2D eigenvalue weighted by atomic mass is 9.76. The molecule has 8 heteroatoms. The first-order valence-electron chi connectivity index (χ1n) is 17.5. The van der Waals surface area contributed by atoms with Crippen molar-refractivity contribution in [3.8, 4) is 11.8 Å². The third kappa shape index (κ3) is 9.48. The highest BCUT2D eigenvalue weighted by atomic mass is 16.6. The number of ether oxygens (including phenoxy) is 2. The highest BCUT2D eigenvalue weighted by Gasteiger charge is 2.45. The smallest absolute Gasteiger partial charge is 0.324 e. The Hall–Kier alpha value is -2.06. The van der Waals surface area contributed by atoms with Gasteiger partial charge >= 0.3 is 17.9 Å². The van der Waals surface area contributed by atoms with Gasteiger partial charge in [0.05, 0.1) is 24.2 Å². The number of hydrogen-bond donors (Lipinski definition) is 0. The van der Waals surface area contributed by atoms with Crippen molar-refractivity contribution in [1.29, 1.82) is 0 Å². The summed E-state index contributed by atoms with van der Waals surface area (Å²) in [5.74, 6) is 0.228. The highest BCUT2D eigenvalue weighted by Crippen LogP contribution is 2.40. The Kier molecular flexibility index (Phi) is 13.2. The van der Waals surface area contributed by atoms with Gasteiger partial charge < -0.3 is 9.47 Å². The van der Waals surface area contributed by atoms with E-state index in [0.29, 0.717) is 23.9 Å². The second kappa shape index (κ2) is 16.0. The van der Waals surface area contributed by atoms with Crippen molar-refractivity contribution in [2.24, 2.45) is 23.7 Å². The van der Waals surface area contributed by atoms with Gasteiger partial charge in [0.1, 0.15) is 0 Å². The number of carbonyl (C=O) groups is 2. The molecular weight excluding hydrogens is 552 g/mol. The molecule has 8 nitrogen and oxygen atoms in total. The van der Waals surface area contributed by atoms with Crippen LogP contribution in [-0.4, -0.2) is 68.0 Å². The Morgan fingerprint density at radius 2 is 1.16 bits per heavy atom. The Morgan fingerprint density at radius 1 is 0.750 bits per heavy atom. The minimum atomic E-state index is -0.283. The van der Waals surface area contributed by atoms with Crippen LogP contribution in [-0.2, 0) is 9.59 Å². The number of aromatic nitrogens is 2. The molecule has 0 N–H and O–H groups in total. The molecule has 2 aliphatic rings. The fourth-order valence-electron chi connectivity index (χ4n) is 7.75. The summed E-state index contributed by atoms with van der Waals surface area (Å²) in [5.41, 5.74) is -0.188. The second-order valence-electron chi connectivity index (χ2n) is 15.4. The van der Waals surface area contributed by atoms with Gasteiger partial charge in [0.2, 0.25) is 0 Å². The molecule has 0 radical (unpaired) electrons. The molecule has 1 aromatic rings. The summed E-state index contributed by atoms with van der Waals surface area (Å²) in [7, 11) is 0. The van der Waals surface area contributed by atoms with E-state index in [9.17, 15) is 9.59 Å². The third-order valence-corrected chi connectivity index (χ3v) is 10.1. The normalized spacial score (nSPS) is 25.7. The lowest BCUT2D eigenvalue weighted by Crippen LogP contribution is -2.58. The number of unbranched alkanes of at least 4 members (excludes halogenated alkanes) is 4. The average molecular weight is 615 g/mol. The van der Waals surface area contributed by atoms with Crippen molar-refractivity contribution >= 4 is 11.9 Å². The van der Waals surface area contributed by atoms with Crippen molar-refractivity contribution < 1.29 is 19.1 Å². The zero-order valence-electron chi connectivity index (χ0n) is 29.5. The quantitative estimate of drug-likeness (QED) is 0.156. The van der Waals surface area contributed by atoms with Gasteiger partial charge in [0.25, 0.3) is 0 Å². The van der Waals surface area contributed by atoms with Gasteiger partial charge in [-0.2, -0.15) is 9.97 Å². The number of likely N-dealkylation sites (tertiary alicyclic amines) is 2. The van der Waals surface area contributed by atoms with E-state index < -0.39 is 0 Å². The van der Waals surface area contributed by atoms with Crippen LogP contribution in [0.4, 0.5) is 0 Å². The Balaban J connectivity index is 1.60. The summed E-state index contributed by atoms with van der Waals surface area (Å²) in [4.78, 5) is 40.3. The van der Waals surface area contributed by atoms with Gasteiger partial charge in [-0.3, -0.25) is 19.4 Å². The molecule has 2 aliphatic heterocycles. The van der Waals surface area contributed by atoms with Crippen molar-refractivity contribution in [2.45, 2.75) is 157 Å². The molecule has 0 amide bonds. The summed E-state index contributed by atoms with van der Waals surface area (Å²) in [6, 6.07) is 0.648. The highest BCUT2D eigenvalue weighted by molar-refractivity contribution is 5.76. The Bertz CT molecular complexity index is 972. The number of esters is 2. The molecule has 0 saturated carbocycles. The first-order chi connectivity index (χ1) is 20.7. The fraction of sp³-hybridized carbons (Fsp3) is 0.833. The van der Waals surface area contributed by atoms with Gasteiger partial charge in [-0.15, -0.1) is 0 Å². The van der Waals surface area contributed by atoms with Crippen LogP contribution in [0, 0.1) is 23.7 Å². The minimum Gasteiger partial charge on any atom is -0.423 e. The van der Waals surface area contributed by atoms with Crippen LogP contribution in [0.25, 0.3) is 0 Å². The minimum absolute atomic E-state index is 0.000435. The molecule has 0 aliphatic carbocycles. The zero-order chi connectivity index (χ0) is 32.7. The van der Waals surface area contributed by atoms with Crippen LogP contribution in [0.1, 0.15) is 133 Å². The van der Waals surface area contributed by atoms with Crippen LogP contribution >= 0.6 is 0 Å². The summed E-state index contributed by atoms with van der Waals surface area (Å²) < 4.78 is 11.5. The standard InChI is InChI=1S/C36H62N4O4/c1-11-13-15-17-39-30(25(3)4)19-27(21-35(39,7)8)32(41)43-29-23-37-34(38-24-29)44-33(42)28-20-31(26(5)6)40(18-16-14-12-2)36(9,10)22-28/h23-28,30-31H,11-22H2,1-10H3. The van der Waals surface area contributed by atoms with Gasteiger partial charge in [0, 0.05) is 23.2 Å².